The fraction of sp³-hybridized carbons (Fsp3) is 0.920. The van der Waals surface area contributed by atoms with Crippen molar-refractivity contribution in [2.24, 2.45) is 0 Å². The third-order valence-corrected chi connectivity index (χ3v) is 11.6. The Kier molecular flexibility index (Phi) is 43.6. The second kappa shape index (κ2) is 44.7. The molecular formula is C50H97NO5. The van der Waals surface area contributed by atoms with E-state index in [1.165, 1.54) is 161 Å². The van der Waals surface area contributed by atoms with Crippen molar-refractivity contribution < 1.29 is 24.5 Å². The van der Waals surface area contributed by atoms with E-state index in [1.807, 2.05) is 0 Å². The first-order chi connectivity index (χ1) is 27.5. The van der Waals surface area contributed by atoms with Crippen LogP contribution in [0.15, 0.2) is 12.2 Å². The normalized spacial score (nSPS) is 13.3. The Morgan fingerprint density at radius 3 is 1.30 bits per heavy atom. The number of amides is 1. The van der Waals surface area contributed by atoms with Gasteiger partial charge in [0.05, 0.1) is 25.2 Å². The minimum Gasteiger partial charge on any atom is -0.462 e. The zero-order valence-corrected chi connectivity index (χ0v) is 37.8. The standard InChI is InChI=1S/C50H97NO5/c1-4-7-10-13-16-19-22-24-25-26-27-30-33-36-39-42-48(53)47(45-52)51-49(54)44-46(41-38-35-32-29-21-18-15-12-9-6-3)56-50(55)43-40-37-34-31-28-23-20-17-14-11-8-5-2/h18,21,46-48,52-53H,4-17,19-20,22-45H2,1-3H3,(H,51,54)/b21-18-. The summed E-state index contributed by atoms with van der Waals surface area (Å²) < 4.78 is 5.90. The number of aliphatic hydroxyl groups excluding tert-OH is 2. The molecule has 3 atom stereocenters. The van der Waals surface area contributed by atoms with Crippen LogP contribution in [0.3, 0.4) is 0 Å². The molecule has 0 heterocycles. The van der Waals surface area contributed by atoms with Crippen LogP contribution >= 0.6 is 0 Å². The van der Waals surface area contributed by atoms with Crippen LogP contribution in [0.5, 0.6) is 0 Å². The number of hydrogen-bond acceptors (Lipinski definition) is 5. The van der Waals surface area contributed by atoms with Crippen LogP contribution in [0.1, 0.15) is 271 Å². The number of carbonyl (C=O) groups is 2. The number of allylic oxidation sites excluding steroid dienone is 2. The molecule has 0 aromatic rings. The Morgan fingerprint density at radius 2 is 0.857 bits per heavy atom. The van der Waals surface area contributed by atoms with E-state index in [2.05, 4.69) is 38.2 Å². The molecule has 0 spiro atoms. The number of ether oxygens (including phenoxy) is 1. The maximum atomic E-state index is 13.1. The summed E-state index contributed by atoms with van der Waals surface area (Å²) in [7, 11) is 0. The molecule has 0 aliphatic rings. The molecule has 6 nitrogen and oxygen atoms in total. The zero-order valence-electron chi connectivity index (χ0n) is 37.8. The number of unbranched alkanes of at least 4 members (excludes halogenated alkanes) is 31. The first-order valence-corrected chi connectivity index (χ1v) is 24.9. The van der Waals surface area contributed by atoms with Crippen LogP contribution in [0.4, 0.5) is 0 Å². The highest BCUT2D eigenvalue weighted by Crippen LogP contribution is 2.18. The summed E-state index contributed by atoms with van der Waals surface area (Å²) in [6.07, 6.45) is 48.4. The predicted octanol–water partition coefficient (Wildman–Crippen LogP) is 14.6. The summed E-state index contributed by atoms with van der Waals surface area (Å²) in [6, 6.07) is -0.698. The highest BCUT2D eigenvalue weighted by atomic mass is 16.5. The van der Waals surface area contributed by atoms with Gasteiger partial charge in [-0.3, -0.25) is 9.59 Å². The Hall–Kier alpha value is -1.40. The summed E-state index contributed by atoms with van der Waals surface area (Å²) >= 11 is 0. The number of rotatable bonds is 45. The van der Waals surface area contributed by atoms with Gasteiger partial charge in [0.15, 0.2) is 0 Å². The first-order valence-electron chi connectivity index (χ1n) is 24.9. The van der Waals surface area contributed by atoms with Crippen LogP contribution in [0, 0.1) is 0 Å². The minimum absolute atomic E-state index is 0.0731. The summed E-state index contributed by atoms with van der Waals surface area (Å²) in [6.45, 7) is 6.46. The molecule has 0 saturated carbocycles. The monoisotopic (exact) mass is 792 g/mol. The second-order valence-corrected chi connectivity index (χ2v) is 17.2. The van der Waals surface area contributed by atoms with Gasteiger partial charge in [-0.2, -0.15) is 0 Å². The van der Waals surface area contributed by atoms with E-state index in [9.17, 15) is 19.8 Å². The lowest BCUT2D eigenvalue weighted by atomic mass is 10.0. The average Bonchev–Trinajstić information content (AvgIpc) is 3.19. The Labute approximate surface area is 349 Å². The van der Waals surface area contributed by atoms with Crippen LogP contribution < -0.4 is 5.32 Å². The van der Waals surface area contributed by atoms with E-state index in [0.29, 0.717) is 19.3 Å². The smallest absolute Gasteiger partial charge is 0.306 e. The van der Waals surface area contributed by atoms with Gasteiger partial charge in [0.1, 0.15) is 6.10 Å². The number of carbonyl (C=O) groups excluding carboxylic acids is 2. The van der Waals surface area contributed by atoms with E-state index in [-0.39, 0.29) is 24.9 Å². The van der Waals surface area contributed by atoms with E-state index >= 15 is 0 Å². The molecule has 0 aromatic carbocycles. The van der Waals surface area contributed by atoms with Gasteiger partial charge in [0.25, 0.3) is 0 Å². The third-order valence-electron chi connectivity index (χ3n) is 11.6. The average molecular weight is 792 g/mol. The topological polar surface area (TPSA) is 95.9 Å². The molecule has 3 N–H and O–H groups in total. The lowest BCUT2D eigenvalue weighted by Gasteiger charge is -2.24. The van der Waals surface area contributed by atoms with E-state index in [4.69, 9.17) is 4.74 Å². The molecule has 0 saturated heterocycles. The number of esters is 1. The molecule has 0 fully saturated rings. The molecule has 3 unspecified atom stereocenters. The van der Waals surface area contributed by atoms with Gasteiger partial charge in [-0.05, 0) is 51.4 Å². The van der Waals surface area contributed by atoms with Crippen molar-refractivity contribution in [2.45, 2.75) is 289 Å². The summed E-state index contributed by atoms with van der Waals surface area (Å²) in [4.78, 5) is 26.0. The quantitative estimate of drug-likeness (QED) is 0.0324. The van der Waals surface area contributed by atoms with Crippen LogP contribution in [0.25, 0.3) is 0 Å². The first kappa shape index (κ1) is 54.6. The second-order valence-electron chi connectivity index (χ2n) is 17.2. The van der Waals surface area contributed by atoms with Gasteiger partial charge in [0.2, 0.25) is 5.91 Å². The van der Waals surface area contributed by atoms with Gasteiger partial charge < -0.3 is 20.3 Å². The molecule has 0 rings (SSSR count). The van der Waals surface area contributed by atoms with Crippen molar-refractivity contribution in [3.05, 3.63) is 12.2 Å². The maximum absolute atomic E-state index is 13.1. The fourth-order valence-corrected chi connectivity index (χ4v) is 7.78. The molecular weight excluding hydrogens is 695 g/mol. The summed E-state index contributed by atoms with van der Waals surface area (Å²) in [5, 5.41) is 23.7. The summed E-state index contributed by atoms with van der Waals surface area (Å²) in [5.41, 5.74) is 0. The van der Waals surface area contributed by atoms with Crippen molar-refractivity contribution in [3.63, 3.8) is 0 Å². The van der Waals surface area contributed by atoms with E-state index in [0.717, 1.165) is 64.2 Å². The third kappa shape index (κ3) is 39.4. The number of nitrogens with one attached hydrogen (secondary N) is 1. The van der Waals surface area contributed by atoms with Crippen molar-refractivity contribution in [1.82, 2.24) is 5.32 Å². The van der Waals surface area contributed by atoms with Crippen molar-refractivity contribution >= 4 is 11.9 Å². The highest BCUT2D eigenvalue weighted by Gasteiger charge is 2.24. The SMILES string of the molecule is CCCCC/C=C\CCCCCC(CC(=O)NC(CO)C(O)CCCCCCCCCCCCCCCCC)OC(=O)CCCCCCCCCCCCCC. The van der Waals surface area contributed by atoms with E-state index < -0.39 is 18.2 Å². The summed E-state index contributed by atoms with van der Waals surface area (Å²) in [5.74, 6) is -0.477. The molecule has 332 valence electrons. The molecule has 0 bridgehead atoms. The minimum atomic E-state index is -0.784. The molecule has 56 heavy (non-hydrogen) atoms. The number of aliphatic hydroxyl groups is 2. The van der Waals surface area contributed by atoms with Gasteiger partial charge in [-0.1, -0.05) is 219 Å². The van der Waals surface area contributed by atoms with Crippen molar-refractivity contribution in [1.29, 1.82) is 0 Å². The largest absolute Gasteiger partial charge is 0.462 e. The van der Waals surface area contributed by atoms with Crippen molar-refractivity contribution in [2.75, 3.05) is 6.61 Å². The zero-order chi connectivity index (χ0) is 41.0. The molecule has 0 radical (unpaired) electrons. The van der Waals surface area contributed by atoms with Crippen LogP contribution in [0.2, 0.25) is 0 Å². The van der Waals surface area contributed by atoms with Crippen molar-refractivity contribution in [3.8, 4) is 0 Å². The molecule has 1 amide bonds. The lowest BCUT2D eigenvalue weighted by Crippen LogP contribution is -2.46. The van der Waals surface area contributed by atoms with Gasteiger partial charge >= 0.3 is 5.97 Å². The Bertz CT molecular complexity index is 847. The lowest BCUT2D eigenvalue weighted by molar-refractivity contribution is -0.151. The number of hydrogen-bond donors (Lipinski definition) is 3. The predicted molar refractivity (Wildman–Crippen MR) is 241 cm³/mol. The molecule has 6 heteroatoms. The molecule has 0 aromatic heterocycles. The maximum Gasteiger partial charge on any atom is 0.306 e. The Balaban J connectivity index is 4.47. The fourth-order valence-electron chi connectivity index (χ4n) is 7.78. The van der Waals surface area contributed by atoms with Gasteiger partial charge in [-0.15, -0.1) is 0 Å². The van der Waals surface area contributed by atoms with Crippen LogP contribution in [-0.2, 0) is 14.3 Å². The van der Waals surface area contributed by atoms with Gasteiger partial charge in [0, 0.05) is 6.42 Å². The van der Waals surface area contributed by atoms with Crippen LogP contribution in [-0.4, -0.2) is 46.9 Å². The highest BCUT2D eigenvalue weighted by molar-refractivity contribution is 5.77. The molecule has 0 aliphatic carbocycles. The van der Waals surface area contributed by atoms with Gasteiger partial charge in [-0.25, -0.2) is 0 Å². The Morgan fingerprint density at radius 1 is 0.500 bits per heavy atom. The van der Waals surface area contributed by atoms with E-state index in [1.54, 1.807) is 0 Å². The molecule has 0 aliphatic heterocycles.